The Morgan fingerprint density at radius 3 is 2.54 bits per heavy atom. The largest absolute Gasteiger partial charge is 0.396 e. The van der Waals surface area contributed by atoms with Crippen LogP contribution in [-0.4, -0.2) is 51.8 Å². The van der Waals surface area contributed by atoms with Crippen molar-refractivity contribution in [3.63, 3.8) is 0 Å². The van der Waals surface area contributed by atoms with Crippen LogP contribution in [0.25, 0.3) is 10.9 Å². The summed E-state index contributed by atoms with van der Waals surface area (Å²) in [7, 11) is 0. The molecule has 1 aliphatic rings. The standard InChI is InChI=1S/C24H31N3O/c1-2-26-18-21(23-10-6-7-11-24(23)26)17-25-13-14-27(22(19-25)12-15-28)16-20-8-4-3-5-9-20/h3-11,18,22,28H,2,12-17,19H2,1H3/t22-/m1/s1. The molecule has 2 aromatic carbocycles. The smallest absolute Gasteiger partial charge is 0.0483 e. The van der Waals surface area contributed by atoms with E-state index in [4.69, 9.17) is 0 Å². The SMILES string of the molecule is CCn1cc(CN2CCN(Cc3ccccc3)[C@H](CCO)C2)c2ccccc21. The number of aliphatic hydroxyl groups is 1. The molecule has 4 rings (SSSR count). The predicted octanol–water partition coefficient (Wildman–Crippen LogP) is 3.73. The Kier molecular flexibility index (Phi) is 6.10. The van der Waals surface area contributed by atoms with Gasteiger partial charge in [0.05, 0.1) is 0 Å². The Morgan fingerprint density at radius 2 is 1.75 bits per heavy atom. The molecule has 4 nitrogen and oxygen atoms in total. The Hall–Kier alpha value is -2.14. The molecule has 0 saturated carbocycles. The van der Waals surface area contributed by atoms with E-state index in [1.807, 2.05) is 0 Å². The normalized spacial score (nSPS) is 18.7. The van der Waals surface area contributed by atoms with Gasteiger partial charge in [-0.3, -0.25) is 9.80 Å². The molecule has 28 heavy (non-hydrogen) atoms. The van der Waals surface area contributed by atoms with Crippen molar-refractivity contribution in [3.8, 4) is 0 Å². The number of benzene rings is 2. The van der Waals surface area contributed by atoms with Gasteiger partial charge in [-0.05, 0) is 30.5 Å². The number of aliphatic hydroxyl groups excluding tert-OH is 1. The zero-order chi connectivity index (χ0) is 19.3. The lowest BCUT2D eigenvalue weighted by Crippen LogP contribution is -2.52. The van der Waals surface area contributed by atoms with Gasteiger partial charge in [0, 0.05) is 69.0 Å². The third-order valence-electron chi connectivity index (χ3n) is 5.99. The highest BCUT2D eigenvalue weighted by atomic mass is 16.3. The van der Waals surface area contributed by atoms with E-state index < -0.39 is 0 Å². The second-order valence-electron chi connectivity index (χ2n) is 7.81. The number of aromatic nitrogens is 1. The van der Waals surface area contributed by atoms with Crippen molar-refractivity contribution in [2.75, 3.05) is 26.2 Å². The zero-order valence-corrected chi connectivity index (χ0v) is 16.8. The van der Waals surface area contributed by atoms with Gasteiger partial charge in [0.2, 0.25) is 0 Å². The molecule has 0 spiro atoms. The summed E-state index contributed by atoms with van der Waals surface area (Å²) >= 11 is 0. The first-order chi connectivity index (χ1) is 13.8. The summed E-state index contributed by atoms with van der Waals surface area (Å²) < 4.78 is 2.35. The molecule has 0 radical (unpaired) electrons. The minimum absolute atomic E-state index is 0.249. The molecule has 148 valence electrons. The van der Waals surface area contributed by atoms with E-state index in [0.29, 0.717) is 6.04 Å². The van der Waals surface area contributed by atoms with E-state index >= 15 is 0 Å². The fraction of sp³-hybridized carbons (Fsp3) is 0.417. The highest BCUT2D eigenvalue weighted by Gasteiger charge is 2.27. The maximum absolute atomic E-state index is 9.61. The second kappa shape index (κ2) is 8.91. The van der Waals surface area contributed by atoms with Crippen molar-refractivity contribution in [1.29, 1.82) is 0 Å². The molecular formula is C24H31N3O. The third kappa shape index (κ3) is 4.14. The number of fused-ring (bicyclic) bond motifs is 1. The van der Waals surface area contributed by atoms with E-state index in [9.17, 15) is 5.11 Å². The molecule has 0 aliphatic carbocycles. The van der Waals surface area contributed by atoms with Crippen LogP contribution in [0.2, 0.25) is 0 Å². The Bertz CT molecular complexity index is 889. The Balaban J connectivity index is 1.47. The summed E-state index contributed by atoms with van der Waals surface area (Å²) in [6.45, 7) is 8.53. The van der Waals surface area contributed by atoms with E-state index in [-0.39, 0.29) is 6.61 Å². The van der Waals surface area contributed by atoms with Crippen molar-refractivity contribution < 1.29 is 5.11 Å². The summed E-state index contributed by atoms with van der Waals surface area (Å²) in [5.41, 5.74) is 4.09. The second-order valence-corrected chi connectivity index (χ2v) is 7.81. The van der Waals surface area contributed by atoms with Crippen LogP contribution in [-0.2, 0) is 19.6 Å². The Labute approximate surface area is 168 Å². The first kappa shape index (κ1) is 19.2. The summed E-state index contributed by atoms with van der Waals surface area (Å²) in [4.78, 5) is 5.10. The zero-order valence-electron chi connectivity index (χ0n) is 16.8. The first-order valence-corrected chi connectivity index (χ1v) is 10.5. The molecule has 1 aliphatic heterocycles. The van der Waals surface area contributed by atoms with Crippen LogP contribution in [0, 0.1) is 0 Å². The minimum Gasteiger partial charge on any atom is -0.396 e. The maximum atomic E-state index is 9.61. The first-order valence-electron chi connectivity index (χ1n) is 10.5. The van der Waals surface area contributed by atoms with Crippen molar-refractivity contribution in [2.45, 2.75) is 39.0 Å². The fourth-order valence-electron chi connectivity index (χ4n) is 4.50. The van der Waals surface area contributed by atoms with E-state index in [1.54, 1.807) is 0 Å². The van der Waals surface area contributed by atoms with Gasteiger partial charge in [-0.1, -0.05) is 48.5 Å². The molecule has 0 unspecified atom stereocenters. The van der Waals surface area contributed by atoms with Crippen LogP contribution in [0.1, 0.15) is 24.5 Å². The lowest BCUT2D eigenvalue weighted by Gasteiger charge is -2.41. The number of piperazine rings is 1. The summed E-state index contributed by atoms with van der Waals surface area (Å²) in [5, 5.41) is 11.0. The van der Waals surface area contributed by atoms with Gasteiger partial charge in [0.25, 0.3) is 0 Å². The lowest BCUT2D eigenvalue weighted by atomic mass is 10.1. The number of para-hydroxylation sites is 1. The average Bonchev–Trinajstić information content (AvgIpc) is 3.09. The molecular weight excluding hydrogens is 346 g/mol. The summed E-state index contributed by atoms with van der Waals surface area (Å²) in [6.07, 6.45) is 3.15. The van der Waals surface area contributed by atoms with Crippen molar-refractivity contribution in [1.82, 2.24) is 14.4 Å². The molecule has 4 heteroatoms. The van der Waals surface area contributed by atoms with Crippen LogP contribution in [0.5, 0.6) is 0 Å². The van der Waals surface area contributed by atoms with Gasteiger partial charge in [-0.25, -0.2) is 0 Å². The summed E-state index contributed by atoms with van der Waals surface area (Å²) in [6, 6.07) is 19.8. The minimum atomic E-state index is 0.249. The third-order valence-corrected chi connectivity index (χ3v) is 5.99. The fourth-order valence-corrected chi connectivity index (χ4v) is 4.50. The molecule has 1 saturated heterocycles. The van der Waals surface area contributed by atoms with Crippen molar-refractivity contribution >= 4 is 10.9 Å². The van der Waals surface area contributed by atoms with Crippen molar-refractivity contribution in [3.05, 3.63) is 71.9 Å². The van der Waals surface area contributed by atoms with Crippen LogP contribution in [0.4, 0.5) is 0 Å². The van der Waals surface area contributed by atoms with Gasteiger partial charge >= 0.3 is 0 Å². The molecule has 1 atom stereocenters. The van der Waals surface area contributed by atoms with E-state index in [2.05, 4.69) is 82.1 Å². The van der Waals surface area contributed by atoms with Gasteiger partial charge in [0.1, 0.15) is 0 Å². The molecule has 0 amide bonds. The molecule has 1 fully saturated rings. The molecule has 2 heterocycles. The molecule has 3 aromatic rings. The monoisotopic (exact) mass is 377 g/mol. The highest BCUT2D eigenvalue weighted by Crippen LogP contribution is 2.24. The average molecular weight is 378 g/mol. The number of rotatable bonds is 7. The quantitative estimate of drug-likeness (QED) is 0.681. The van der Waals surface area contributed by atoms with E-state index in [1.165, 1.54) is 22.0 Å². The van der Waals surface area contributed by atoms with Crippen LogP contribution < -0.4 is 0 Å². The van der Waals surface area contributed by atoms with Crippen LogP contribution in [0.3, 0.4) is 0 Å². The molecule has 1 N–H and O–H groups in total. The molecule has 0 bridgehead atoms. The van der Waals surface area contributed by atoms with Crippen LogP contribution in [0.15, 0.2) is 60.8 Å². The van der Waals surface area contributed by atoms with Crippen molar-refractivity contribution in [2.24, 2.45) is 0 Å². The number of nitrogens with zero attached hydrogens (tertiary/aromatic N) is 3. The van der Waals surface area contributed by atoms with Gasteiger partial charge in [-0.15, -0.1) is 0 Å². The van der Waals surface area contributed by atoms with E-state index in [0.717, 1.165) is 45.7 Å². The van der Waals surface area contributed by atoms with Crippen LogP contribution >= 0.6 is 0 Å². The summed E-state index contributed by atoms with van der Waals surface area (Å²) in [5.74, 6) is 0. The lowest BCUT2D eigenvalue weighted by molar-refractivity contribution is 0.0501. The number of hydrogen-bond acceptors (Lipinski definition) is 3. The number of hydrogen-bond donors (Lipinski definition) is 1. The van der Waals surface area contributed by atoms with Gasteiger partial charge in [-0.2, -0.15) is 0 Å². The highest BCUT2D eigenvalue weighted by molar-refractivity contribution is 5.83. The number of aryl methyl sites for hydroxylation is 1. The Morgan fingerprint density at radius 1 is 0.964 bits per heavy atom. The molecule has 1 aromatic heterocycles. The topological polar surface area (TPSA) is 31.6 Å². The van der Waals surface area contributed by atoms with Gasteiger partial charge in [0.15, 0.2) is 0 Å². The predicted molar refractivity (Wildman–Crippen MR) is 115 cm³/mol. The maximum Gasteiger partial charge on any atom is 0.0483 e. The van der Waals surface area contributed by atoms with Gasteiger partial charge < -0.3 is 9.67 Å².